The zero-order valence-corrected chi connectivity index (χ0v) is 14.7. The van der Waals surface area contributed by atoms with E-state index in [1.54, 1.807) is 29.4 Å². The summed E-state index contributed by atoms with van der Waals surface area (Å²) in [5.41, 5.74) is 2.82. The van der Waals surface area contributed by atoms with Gasteiger partial charge in [-0.15, -0.1) is 0 Å². The number of carbonyl (C=O) groups excluding carboxylic acids is 1. The number of nitrogens with zero attached hydrogens (tertiary/aromatic N) is 3. The highest BCUT2D eigenvalue weighted by Gasteiger charge is 2.25. The third-order valence-corrected chi connectivity index (χ3v) is 4.68. The molecule has 1 aliphatic heterocycles. The van der Waals surface area contributed by atoms with Gasteiger partial charge in [-0.25, -0.2) is 0 Å². The molecule has 1 aliphatic rings. The van der Waals surface area contributed by atoms with Crippen molar-refractivity contribution in [3.05, 3.63) is 66.1 Å². The summed E-state index contributed by atoms with van der Waals surface area (Å²) < 4.78 is 13.2. The maximum atomic E-state index is 13.0. The first-order valence-corrected chi connectivity index (χ1v) is 8.68. The molecule has 0 atom stereocenters. The van der Waals surface area contributed by atoms with Crippen molar-refractivity contribution in [1.82, 2.24) is 14.5 Å². The number of ether oxygens (including phenoxy) is 2. The van der Waals surface area contributed by atoms with Crippen molar-refractivity contribution in [2.45, 2.75) is 12.8 Å². The molecule has 1 aromatic carbocycles. The third-order valence-electron chi connectivity index (χ3n) is 4.68. The Morgan fingerprint density at radius 2 is 1.92 bits per heavy atom. The van der Waals surface area contributed by atoms with Crippen LogP contribution in [-0.4, -0.2) is 46.4 Å². The van der Waals surface area contributed by atoms with Gasteiger partial charge in [0.1, 0.15) is 0 Å². The highest BCUT2D eigenvalue weighted by molar-refractivity contribution is 5.94. The molecule has 2 aromatic heterocycles. The first-order chi connectivity index (χ1) is 12.7. The molecular formula is C20H21N3O3. The van der Waals surface area contributed by atoms with Crippen LogP contribution in [0.3, 0.4) is 0 Å². The summed E-state index contributed by atoms with van der Waals surface area (Å²) in [7, 11) is 2.02. The molecule has 3 heterocycles. The number of amides is 1. The molecular weight excluding hydrogens is 330 g/mol. The van der Waals surface area contributed by atoms with Crippen molar-refractivity contribution in [2.24, 2.45) is 7.05 Å². The number of carbonyl (C=O) groups is 1. The predicted molar refractivity (Wildman–Crippen MR) is 97.6 cm³/mol. The van der Waals surface area contributed by atoms with Crippen LogP contribution in [-0.2, 0) is 23.1 Å². The molecule has 134 valence electrons. The predicted octanol–water partition coefficient (Wildman–Crippen LogP) is 2.59. The molecule has 0 N–H and O–H groups in total. The summed E-state index contributed by atoms with van der Waals surface area (Å²) in [4.78, 5) is 18.8. The van der Waals surface area contributed by atoms with E-state index in [0.29, 0.717) is 31.9 Å². The molecule has 3 aromatic rings. The minimum atomic E-state index is -0.379. The van der Waals surface area contributed by atoms with Crippen molar-refractivity contribution in [3.8, 4) is 0 Å². The molecule has 1 fully saturated rings. The van der Waals surface area contributed by atoms with Gasteiger partial charge in [0.15, 0.2) is 6.29 Å². The molecule has 6 nitrogen and oxygen atoms in total. The summed E-state index contributed by atoms with van der Waals surface area (Å²) in [6.45, 7) is 2.00. The van der Waals surface area contributed by atoms with E-state index < -0.39 is 0 Å². The molecule has 1 amide bonds. The van der Waals surface area contributed by atoms with Gasteiger partial charge >= 0.3 is 0 Å². The Morgan fingerprint density at radius 1 is 1.19 bits per heavy atom. The zero-order chi connectivity index (χ0) is 17.9. The second-order valence-corrected chi connectivity index (χ2v) is 6.35. The summed E-state index contributed by atoms with van der Waals surface area (Å²) in [5, 5.41) is 1.16. The molecule has 6 heteroatoms. The molecule has 0 aliphatic carbocycles. The lowest BCUT2D eigenvalue weighted by Gasteiger charge is -2.25. The second kappa shape index (κ2) is 7.27. The topological polar surface area (TPSA) is 56.6 Å². The zero-order valence-electron chi connectivity index (χ0n) is 14.7. The molecule has 0 radical (unpaired) electrons. The molecule has 0 bridgehead atoms. The smallest absolute Gasteiger partial charge is 0.254 e. The van der Waals surface area contributed by atoms with Gasteiger partial charge in [-0.3, -0.25) is 9.78 Å². The number of fused-ring (bicyclic) bond motifs is 1. The van der Waals surface area contributed by atoms with Crippen LogP contribution in [0.2, 0.25) is 0 Å². The highest BCUT2D eigenvalue weighted by atomic mass is 16.7. The van der Waals surface area contributed by atoms with Crippen LogP contribution >= 0.6 is 0 Å². The first-order valence-electron chi connectivity index (χ1n) is 8.68. The maximum Gasteiger partial charge on any atom is 0.254 e. The van der Waals surface area contributed by atoms with Gasteiger partial charge in [-0.1, -0.05) is 18.2 Å². The van der Waals surface area contributed by atoms with E-state index in [4.69, 9.17) is 9.47 Å². The first kappa shape index (κ1) is 16.8. The van der Waals surface area contributed by atoms with E-state index in [-0.39, 0.29) is 12.2 Å². The normalized spacial score (nSPS) is 14.8. The van der Waals surface area contributed by atoms with Crippen LogP contribution in [0.4, 0.5) is 0 Å². The fraction of sp³-hybridized carbons (Fsp3) is 0.300. The molecule has 0 spiro atoms. The van der Waals surface area contributed by atoms with Gasteiger partial charge in [0, 0.05) is 36.2 Å². The van der Waals surface area contributed by atoms with Crippen molar-refractivity contribution >= 4 is 16.8 Å². The lowest BCUT2D eigenvalue weighted by atomic mass is 10.2. The Bertz CT molecular complexity index is 901. The average molecular weight is 351 g/mol. The lowest BCUT2D eigenvalue weighted by Crippen LogP contribution is -2.38. The standard InChI is InChI=1S/C20H21N3O3/c1-22-17(12-16-4-2-3-5-18(16)22)13-23(14-19-25-10-11-26-19)20(24)15-6-8-21-9-7-15/h2-9,12,19H,10-11,13-14H2,1H3. The number of pyridine rings is 1. The van der Waals surface area contributed by atoms with E-state index in [0.717, 1.165) is 16.6 Å². The summed E-state index contributed by atoms with van der Waals surface area (Å²) in [6, 6.07) is 13.8. The van der Waals surface area contributed by atoms with Crippen molar-refractivity contribution in [2.75, 3.05) is 19.8 Å². The van der Waals surface area contributed by atoms with Crippen molar-refractivity contribution < 1.29 is 14.3 Å². The Kier molecular flexibility index (Phi) is 4.69. The summed E-state index contributed by atoms with van der Waals surface area (Å²) in [6.07, 6.45) is 2.88. The third kappa shape index (κ3) is 3.34. The monoisotopic (exact) mass is 351 g/mol. The minimum absolute atomic E-state index is 0.0586. The van der Waals surface area contributed by atoms with Gasteiger partial charge in [-0.05, 0) is 29.7 Å². The fourth-order valence-corrected chi connectivity index (χ4v) is 3.28. The van der Waals surface area contributed by atoms with Gasteiger partial charge in [0.05, 0.1) is 26.3 Å². The molecule has 0 unspecified atom stereocenters. The summed E-state index contributed by atoms with van der Waals surface area (Å²) in [5.74, 6) is -0.0586. The van der Waals surface area contributed by atoms with Gasteiger partial charge < -0.3 is 18.9 Å². The van der Waals surface area contributed by atoms with E-state index in [9.17, 15) is 4.79 Å². The van der Waals surface area contributed by atoms with Crippen LogP contribution in [0.25, 0.3) is 10.9 Å². The number of hydrogen-bond donors (Lipinski definition) is 0. The Morgan fingerprint density at radius 3 is 2.65 bits per heavy atom. The Labute approximate surface area is 152 Å². The molecule has 1 saturated heterocycles. The largest absolute Gasteiger partial charge is 0.348 e. The van der Waals surface area contributed by atoms with E-state index in [1.165, 1.54) is 0 Å². The van der Waals surface area contributed by atoms with Crippen LogP contribution < -0.4 is 0 Å². The quantitative estimate of drug-likeness (QED) is 0.709. The van der Waals surface area contributed by atoms with Crippen LogP contribution in [0.5, 0.6) is 0 Å². The number of aryl methyl sites for hydroxylation is 1. The van der Waals surface area contributed by atoms with Gasteiger partial charge in [-0.2, -0.15) is 0 Å². The van der Waals surface area contributed by atoms with Crippen molar-refractivity contribution in [3.63, 3.8) is 0 Å². The van der Waals surface area contributed by atoms with Gasteiger partial charge in [0.2, 0.25) is 0 Å². The van der Waals surface area contributed by atoms with Crippen LogP contribution in [0.15, 0.2) is 54.9 Å². The number of para-hydroxylation sites is 1. The highest BCUT2D eigenvalue weighted by Crippen LogP contribution is 2.21. The number of benzene rings is 1. The minimum Gasteiger partial charge on any atom is -0.348 e. The van der Waals surface area contributed by atoms with E-state index in [2.05, 4.69) is 27.8 Å². The number of aromatic nitrogens is 2. The lowest BCUT2D eigenvalue weighted by molar-refractivity contribution is -0.0586. The Hall–Kier alpha value is -2.70. The molecule has 4 rings (SSSR count). The average Bonchev–Trinajstić information content (AvgIpc) is 3.30. The van der Waals surface area contributed by atoms with Gasteiger partial charge in [0.25, 0.3) is 5.91 Å². The van der Waals surface area contributed by atoms with Crippen LogP contribution in [0, 0.1) is 0 Å². The number of rotatable bonds is 5. The fourth-order valence-electron chi connectivity index (χ4n) is 3.28. The van der Waals surface area contributed by atoms with E-state index in [1.807, 2.05) is 19.2 Å². The maximum absolute atomic E-state index is 13.0. The summed E-state index contributed by atoms with van der Waals surface area (Å²) >= 11 is 0. The molecule has 26 heavy (non-hydrogen) atoms. The van der Waals surface area contributed by atoms with E-state index >= 15 is 0 Å². The van der Waals surface area contributed by atoms with Crippen molar-refractivity contribution in [1.29, 1.82) is 0 Å². The van der Waals surface area contributed by atoms with Crippen LogP contribution in [0.1, 0.15) is 16.1 Å². The molecule has 0 saturated carbocycles. The second-order valence-electron chi connectivity index (χ2n) is 6.35. The SMILES string of the molecule is Cn1c(CN(CC2OCCO2)C(=O)c2ccncc2)cc2ccccc21. The number of hydrogen-bond acceptors (Lipinski definition) is 4. The Balaban J connectivity index is 1.63.